The van der Waals surface area contributed by atoms with Crippen molar-refractivity contribution in [2.24, 2.45) is 11.8 Å². The van der Waals surface area contributed by atoms with E-state index in [0.717, 1.165) is 16.7 Å². The minimum Gasteiger partial charge on any atom is -0.504 e. The number of hydrogen-bond donors (Lipinski definition) is 6. The van der Waals surface area contributed by atoms with E-state index in [-0.39, 0.29) is 48.2 Å². The molecule has 0 unspecified atom stereocenters. The van der Waals surface area contributed by atoms with Gasteiger partial charge in [0.05, 0.1) is 27.4 Å². The summed E-state index contributed by atoms with van der Waals surface area (Å²) in [7, 11) is 2.91. The van der Waals surface area contributed by atoms with Gasteiger partial charge in [0.2, 0.25) is 0 Å². The molecule has 7 atom stereocenters. The first kappa shape index (κ1) is 25.5. The van der Waals surface area contributed by atoms with Gasteiger partial charge in [0.25, 0.3) is 0 Å². The molecule has 35 heavy (non-hydrogen) atoms. The fourth-order valence-corrected chi connectivity index (χ4v) is 5.15. The number of methoxy groups -OCH3 is 2. The van der Waals surface area contributed by atoms with E-state index in [1.165, 1.54) is 20.3 Å². The number of aliphatic hydroxyl groups is 4. The highest BCUT2D eigenvalue weighted by Crippen LogP contribution is 2.48. The number of phenols is 2. The number of rotatable bonds is 8. The van der Waals surface area contributed by atoms with E-state index in [1.54, 1.807) is 24.3 Å². The Hall–Kier alpha value is -2.60. The minimum absolute atomic E-state index is 0.0251. The lowest BCUT2D eigenvalue weighted by molar-refractivity contribution is -0.179. The van der Waals surface area contributed by atoms with Crippen molar-refractivity contribution in [3.8, 4) is 23.0 Å². The Kier molecular flexibility index (Phi) is 7.70. The zero-order valence-corrected chi connectivity index (χ0v) is 19.6. The van der Waals surface area contributed by atoms with Crippen molar-refractivity contribution in [2.75, 3.05) is 34.0 Å². The predicted octanol–water partition coefficient (Wildman–Crippen LogP) is 0.483. The highest BCUT2D eigenvalue weighted by molar-refractivity contribution is 5.53. The Balaban J connectivity index is 1.73. The number of phenolic OH excluding ortho intramolecular Hbond substituents is 2. The van der Waals surface area contributed by atoms with Crippen LogP contribution in [-0.2, 0) is 15.9 Å². The van der Waals surface area contributed by atoms with Gasteiger partial charge in [0, 0.05) is 12.5 Å². The Morgan fingerprint density at radius 3 is 2.26 bits per heavy atom. The lowest BCUT2D eigenvalue weighted by Gasteiger charge is -2.40. The second-order valence-corrected chi connectivity index (χ2v) is 8.98. The van der Waals surface area contributed by atoms with Crippen LogP contribution in [0.5, 0.6) is 23.0 Å². The van der Waals surface area contributed by atoms with Gasteiger partial charge in [-0.05, 0) is 59.2 Å². The van der Waals surface area contributed by atoms with Crippen LogP contribution in [0.15, 0.2) is 30.3 Å². The quantitative estimate of drug-likeness (QED) is 0.306. The molecule has 1 fully saturated rings. The van der Waals surface area contributed by atoms with Crippen LogP contribution in [0.4, 0.5) is 0 Å². The van der Waals surface area contributed by atoms with Crippen molar-refractivity contribution in [1.29, 1.82) is 0 Å². The first-order valence-electron chi connectivity index (χ1n) is 11.4. The number of hydrogen-bond acceptors (Lipinski definition) is 10. The number of aliphatic hydroxyl groups excluding tert-OH is 4. The molecule has 10 heteroatoms. The van der Waals surface area contributed by atoms with Crippen LogP contribution >= 0.6 is 0 Å². The van der Waals surface area contributed by atoms with Gasteiger partial charge in [-0.25, -0.2) is 0 Å². The van der Waals surface area contributed by atoms with Crippen molar-refractivity contribution >= 4 is 0 Å². The molecule has 2 aromatic carbocycles. The summed E-state index contributed by atoms with van der Waals surface area (Å²) in [5.41, 5.74) is 2.45. The lowest BCUT2D eigenvalue weighted by atomic mass is 9.67. The lowest BCUT2D eigenvalue weighted by Crippen LogP contribution is -2.39. The molecular formula is C25H32O10. The van der Waals surface area contributed by atoms with Gasteiger partial charge in [0.15, 0.2) is 29.3 Å². The maximum Gasteiger partial charge on any atom is 0.186 e. The third-order valence-corrected chi connectivity index (χ3v) is 7.04. The highest BCUT2D eigenvalue weighted by atomic mass is 16.7. The van der Waals surface area contributed by atoms with Gasteiger partial charge in [-0.15, -0.1) is 0 Å². The molecule has 10 nitrogen and oxygen atoms in total. The summed E-state index contributed by atoms with van der Waals surface area (Å²) in [5.74, 6) is -0.455. The van der Waals surface area contributed by atoms with Crippen LogP contribution in [0.25, 0.3) is 0 Å². The van der Waals surface area contributed by atoms with Gasteiger partial charge >= 0.3 is 0 Å². The summed E-state index contributed by atoms with van der Waals surface area (Å²) in [4.78, 5) is 0. The molecule has 0 bridgehead atoms. The second-order valence-electron chi connectivity index (χ2n) is 8.98. The summed E-state index contributed by atoms with van der Waals surface area (Å²) in [5, 5.41) is 60.6. The third kappa shape index (κ3) is 4.77. The number of aromatic hydroxyl groups is 2. The van der Waals surface area contributed by atoms with E-state index in [1.807, 2.05) is 0 Å². The standard InChI is InChI=1S/C25H32O10/c1-32-19-6-12(3-4-17(19)28)22-15-8-18(29)20(33-2)7-13(15)5-14(9-26)16(22)11-34-25-24(31)23(30)21(10-27)35-25/h3-4,6-8,14,16,21-31H,5,9-11H2,1-2H3/t14-,16-,21-,22-,23-,24+,25+/m0/s1. The Morgan fingerprint density at radius 2 is 1.63 bits per heavy atom. The summed E-state index contributed by atoms with van der Waals surface area (Å²) < 4.78 is 21.9. The van der Waals surface area contributed by atoms with Crippen molar-refractivity contribution < 1.29 is 49.6 Å². The molecule has 0 aromatic heterocycles. The largest absolute Gasteiger partial charge is 0.504 e. The van der Waals surface area contributed by atoms with Gasteiger partial charge < -0.3 is 49.6 Å². The first-order chi connectivity index (χ1) is 16.8. The van der Waals surface area contributed by atoms with Crippen LogP contribution in [-0.4, -0.2) is 89.3 Å². The monoisotopic (exact) mass is 492 g/mol. The molecule has 2 aliphatic rings. The molecule has 6 N–H and O–H groups in total. The average Bonchev–Trinajstić information content (AvgIpc) is 3.14. The number of benzene rings is 2. The van der Waals surface area contributed by atoms with E-state index in [4.69, 9.17) is 18.9 Å². The van der Waals surface area contributed by atoms with Crippen LogP contribution in [0.1, 0.15) is 22.6 Å². The van der Waals surface area contributed by atoms with Gasteiger partial charge in [0.1, 0.15) is 18.3 Å². The SMILES string of the molecule is COc1cc([C@H]2c3cc(O)c(OC)cc3C[C@@H](CO)[C@@H]2CO[C@@H]2O[C@@H](CO)[C@H](O)[C@H]2O)ccc1O. The molecule has 1 aliphatic heterocycles. The summed E-state index contributed by atoms with van der Waals surface area (Å²) in [6, 6.07) is 8.34. The molecule has 1 aliphatic carbocycles. The number of fused-ring (bicyclic) bond motifs is 1. The molecule has 0 saturated carbocycles. The van der Waals surface area contributed by atoms with E-state index in [2.05, 4.69) is 0 Å². The maximum atomic E-state index is 10.5. The normalized spacial score (nSPS) is 30.2. The van der Waals surface area contributed by atoms with Crippen LogP contribution < -0.4 is 9.47 Å². The van der Waals surface area contributed by atoms with E-state index >= 15 is 0 Å². The fraction of sp³-hybridized carbons (Fsp3) is 0.520. The summed E-state index contributed by atoms with van der Waals surface area (Å²) in [6.45, 7) is -0.582. The Labute approximate surface area is 202 Å². The van der Waals surface area contributed by atoms with E-state index in [0.29, 0.717) is 12.2 Å². The molecule has 1 heterocycles. The molecule has 2 aromatic rings. The predicted molar refractivity (Wildman–Crippen MR) is 123 cm³/mol. The van der Waals surface area contributed by atoms with Gasteiger partial charge in [-0.2, -0.15) is 0 Å². The van der Waals surface area contributed by atoms with E-state index in [9.17, 15) is 30.6 Å². The minimum atomic E-state index is -1.34. The molecule has 0 amide bonds. The fourth-order valence-electron chi connectivity index (χ4n) is 5.15. The van der Waals surface area contributed by atoms with Crippen LogP contribution in [0.2, 0.25) is 0 Å². The Bertz CT molecular complexity index is 1030. The summed E-state index contributed by atoms with van der Waals surface area (Å²) >= 11 is 0. The summed E-state index contributed by atoms with van der Waals surface area (Å²) in [6.07, 6.45) is -4.25. The first-order valence-corrected chi connectivity index (χ1v) is 11.4. The van der Waals surface area contributed by atoms with Crippen molar-refractivity contribution in [3.63, 3.8) is 0 Å². The Morgan fingerprint density at radius 1 is 0.914 bits per heavy atom. The average molecular weight is 493 g/mol. The zero-order valence-electron chi connectivity index (χ0n) is 19.6. The second kappa shape index (κ2) is 10.6. The van der Waals surface area contributed by atoms with Gasteiger partial charge in [-0.1, -0.05) is 6.07 Å². The molecule has 0 radical (unpaired) electrons. The topological polar surface area (TPSA) is 158 Å². The van der Waals surface area contributed by atoms with Gasteiger partial charge in [-0.3, -0.25) is 0 Å². The van der Waals surface area contributed by atoms with Crippen LogP contribution in [0.3, 0.4) is 0 Å². The smallest absolute Gasteiger partial charge is 0.186 e. The molecule has 1 saturated heterocycles. The molecule has 0 spiro atoms. The van der Waals surface area contributed by atoms with E-state index < -0.39 is 31.2 Å². The van der Waals surface area contributed by atoms with Crippen molar-refractivity contribution in [3.05, 3.63) is 47.0 Å². The van der Waals surface area contributed by atoms with Crippen molar-refractivity contribution in [1.82, 2.24) is 0 Å². The van der Waals surface area contributed by atoms with Crippen molar-refractivity contribution in [2.45, 2.75) is 36.9 Å². The van der Waals surface area contributed by atoms with Crippen LogP contribution in [0, 0.1) is 11.8 Å². The molecule has 192 valence electrons. The third-order valence-electron chi connectivity index (χ3n) is 7.04. The number of ether oxygens (including phenoxy) is 4. The maximum absolute atomic E-state index is 10.5. The molecule has 4 rings (SSSR count). The highest BCUT2D eigenvalue weighted by Gasteiger charge is 2.45. The molecular weight excluding hydrogens is 460 g/mol. The zero-order chi connectivity index (χ0) is 25.3.